The summed E-state index contributed by atoms with van der Waals surface area (Å²) < 4.78 is 1.72. The highest BCUT2D eigenvalue weighted by atomic mass is 16.2. The lowest BCUT2D eigenvalue weighted by Gasteiger charge is -2.16. The van der Waals surface area contributed by atoms with Gasteiger partial charge in [0.1, 0.15) is 11.2 Å². The first kappa shape index (κ1) is 21.5. The maximum Gasteiger partial charge on any atom is 0.254 e. The summed E-state index contributed by atoms with van der Waals surface area (Å²) >= 11 is 0. The zero-order chi connectivity index (χ0) is 23.3. The van der Waals surface area contributed by atoms with Crippen molar-refractivity contribution in [1.29, 1.82) is 0 Å². The Kier molecular flexibility index (Phi) is 6.11. The summed E-state index contributed by atoms with van der Waals surface area (Å²) in [7, 11) is 0. The van der Waals surface area contributed by atoms with Gasteiger partial charge in [-0.25, -0.2) is 9.50 Å². The van der Waals surface area contributed by atoms with Gasteiger partial charge in [0.25, 0.3) is 5.91 Å². The van der Waals surface area contributed by atoms with Crippen LogP contribution in [0, 0.1) is 0 Å². The number of carbonyl (C=O) groups excluding carboxylic acids is 2. The minimum Gasteiger partial charge on any atom is -0.352 e. The molecule has 1 aliphatic rings. The second kappa shape index (κ2) is 9.65. The Hall–Kier alpha value is -4.34. The smallest absolute Gasteiger partial charge is 0.254 e. The van der Waals surface area contributed by atoms with E-state index in [0.29, 0.717) is 54.5 Å². The second-order valence-electron chi connectivity index (χ2n) is 7.98. The van der Waals surface area contributed by atoms with Crippen LogP contribution in [0.15, 0.2) is 61.2 Å². The predicted octanol–water partition coefficient (Wildman–Crippen LogP) is 2.67. The van der Waals surface area contributed by atoms with Gasteiger partial charge in [-0.3, -0.25) is 19.6 Å². The molecule has 172 valence electrons. The number of aromatic nitrogens is 5. The lowest BCUT2D eigenvalue weighted by molar-refractivity contribution is -0.127. The summed E-state index contributed by atoms with van der Waals surface area (Å²) in [5, 5.41) is 10.7. The Morgan fingerprint density at radius 3 is 2.88 bits per heavy atom. The number of carbonyl (C=O) groups is 2. The van der Waals surface area contributed by atoms with Crippen LogP contribution in [-0.4, -0.2) is 60.9 Å². The summed E-state index contributed by atoms with van der Waals surface area (Å²) in [6, 6.07) is 11.1. The molecule has 4 aromatic rings. The number of nitrogens with one attached hydrogen (secondary N) is 2. The average molecular weight is 457 g/mol. The normalized spacial score (nSPS) is 13.4. The van der Waals surface area contributed by atoms with E-state index in [1.165, 1.54) is 6.20 Å². The van der Waals surface area contributed by atoms with Gasteiger partial charge in [0.2, 0.25) is 11.7 Å². The van der Waals surface area contributed by atoms with Gasteiger partial charge < -0.3 is 15.5 Å². The van der Waals surface area contributed by atoms with Gasteiger partial charge >= 0.3 is 0 Å². The number of anilines is 2. The number of pyridine rings is 2. The Morgan fingerprint density at radius 2 is 2.06 bits per heavy atom. The summed E-state index contributed by atoms with van der Waals surface area (Å²) in [4.78, 5) is 39.6. The van der Waals surface area contributed by atoms with Gasteiger partial charge in [-0.15, -0.1) is 5.10 Å². The van der Waals surface area contributed by atoms with Crippen molar-refractivity contribution < 1.29 is 9.59 Å². The van der Waals surface area contributed by atoms with E-state index < -0.39 is 0 Å². The van der Waals surface area contributed by atoms with Crippen molar-refractivity contribution in [2.75, 3.05) is 25.0 Å². The molecule has 0 saturated carbocycles. The molecular weight excluding hydrogens is 432 g/mol. The fourth-order valence-electron chi connectivity index (χ4n) is 3.95. The minimum atomic E-state index is -0.242. The van der Waals surface area contributed by atoms with Crippen LogP contribution in [0.5, 0.6) is 0 Å². The van der Waals surface area contributed by atoms with E-state index in [1.54, 1.807) is 23.0 Å². The third kappa shape index (κ3) is 4.56. The molecule has 10 nitrogen and oxygen atoms in total. The van der Waals surface area contributed by atoms with Crippen LogP contribution in [0.2, 0.25) is 0 Å². The van der Waals surface area contributed by atoms with Crippen molar-refractivity contribution in [3.63, 3.8) is 0 Å². The zero-order valence-corrected chi connectivity index (χ0v) is 18.5. The largest absolute Gasteiger partial charge is 0.352 e. The van der Waals surface area contributed by atoms with Crippen LogP contribution in [0.25, 0.3) is 17.0 Å². The van der Waals surface area contributed by atoms with E-state index in [9.17, 15) is 9.59 Å². The summed E-state index contributed by atoms with van der Waals surface area (Å²) in [6.45, 7) is 1.93. The van der Waals surface area contributed by atoms with Gasteiger partial charge in [0, 0.05) is 50.8 Å². The van der Waals surface area contributed by atoms with Crippen LogP contribution in [0.3, 0.4) is 0 Å². The SMILES string of the molecule is O=C(NCCCN1CCCC1=O)c1cnccc1Nc1nc(-c2ccccn2)nn2cccc12. The molecule has 5 heterocycles. The van der Waals surface area contributed by atoms with Crippen molar-refractivity contribution >= 4 is 28.8 Å². The average Bonchev–Trinajstić information content (AvgIpc) is 3.51. The predicted molar refractivity (Wildman–Crippen MR) is 127 cm³/mol. The van der Waals surface area contributed by atoms with E-state index in [2.05, 4.69) is 30.7 Å². The molecule has 0 bridgehead atoms. The molecule has 1 saturated heterocycles. The van der Waals surface area contributed by atoms with E-state index in [-0.39, 0.29) is 11.8 Å². The Labute approximate surface area is 196 Å². The minimum absolute atomic E-state index is 0.191. The van der Waals surface area contributed by atoms with Crippen LogP contribution in [-0.2, 0) is 4.79 Å². The summed E-state index contributed by atoms with van der Waals surface area (Å²) in [5.41, 5.74) is 2.39. The van der Waals surface area contributed by atoms with Crippen LogP contribution in [0.4, 0.5) is 11.5 Å². The van der Waals surface area contributed by atoms with Gasteiger partial charge in [-0.1, -0.05) is 6.07 Å². The van der Waals surface area contributed by atoms with E-state index >= 15 is 0 Å². The van der Waals surface area contributed by atoms with Crippen molar-refractivity contribution in [1.82, 2.24) is 34.8 Å². The number of likely N-dealkylation sites (tertiary alicyclic amines) is 1. The third-order valence-electron chi connectivity index (χ3n) is 5.67. The van der Waals surface area contributed by atoms with Crippen molar-refractivity contribution in [3.05, 3.63) is 66.7 Å². The molecule has 4 aromatic heterocycles. The van der Waals surface area contributed by atoms with Crippen LogP contribution in [0.1, 0.15) is 29.6 Å². The first-order valence-corrected chi connectivity index (χ1v) is 11.2. The van der Waals surface area contributed by atoms with E-state index in [0.717, 1.165) is 18.5 Å². The number of amides is 2. The molecule has 0 radical (unpaired) electrons. The van der Waals surface area contributed by atoms with Gasteiger partial charge in [0.15, 0.2) is 5.82 Å². The molecule has 2 amide bonds. The van der Waals surface area contributed by atoms with Crippen LogP contribution < -0.4 is 10.6 Å². The van der Waals surface area contributed by atoms with Crippen molar-refractivity contribution in [2.24, 2.45) is 0 Å². The number of fused-ring (bicyclic) bond motifs is 1. The molecule has 1 fully saturated rings. The Bertz CT molecular complexity index is 1320. The molecule has 0 unspecified atom stereocenters. The lowest BCUT2D eigenvalue weighted by atomic mass is 10.2. The highest BCUT2D eigenvalue weighted by molar-refractivity contribution is 6.00. The lowest BCUT2D eigenvalue weighted by Crippen LogP contribution is -2.31. The van der Waals surface area contributed by atoms with Gasteiger partial charge in [0.05, 0.1) is 11.3 Å². The van der Waals surface area contributed by atoms with Gasteiger partial charge in [-0.05, 0) is 43.2 Å². The second-order valence-corrected chi connectivity index (χ2v) is 7.98. The maximum absolute atomic E-state index is 12.9. The van der Waals surface area contributed by atoms with Crippen molar-refractivity contribution in [2.45, 2.75) is 19.3 Å². The molecule has 1 aliphatic heterocycles. The van der Waals surface area contributed by atoms with Gasteiger partial charge in [-0.2, -0.15) is 0 Å². The van der Waals surface area contributed by atoms with Crippen LogP contribution >= 0.6 is 0 Å². The fraction of sp³-hybridized carbons (Fsp3) is 0.250. The molecule has 5 rings (SSSR count). The third-order valence-corrected chi connectivity index (χ3v) is 5.67. The quantitative estimate of drug-likeness (QED) is 0.392. The first-order valence-electron chi connectivity index (χ1n) is 11.2. The Morgan fingerprint density at radius 1 is 1.12 bits per heavy atom. The highest BCUT2D eigenvalue weighted by Gasteiger charge is 2.19. The molecule has 0 spiro atoms. The molecule has 2 N–H and O–H groups in total. The van der Waals surface area contributed by atoms with E-state index in [4.69, 9.17) is 0 Å². The molecule has 34 heavy (non-hydrogen) atoms. The van der Waals surface area contributed by atoms with Crippen molar-refractivity contribution in [3.8, 4) is 11.5 Å². The first-order chi connectivity index (χ1) is 16.7. The Balaban J connectivity index is 1.33. The highest BCUT2D eigenvalue weighted by Crippen LogP contribution is 2.25. The molecule has 0 aromatic carbocycles. The topological polar surface area (TPSA) is 117 Å². The molecule has 10 heteroatoms. The maximum atomic E-state index is 12.9. The standard InChI is InChI=1S/C24H24N8O2/c33-21-8-4-13-31(21)14-5-11-27-24(34)17-16-25-12-9-18(17)28-23-20-7-3-15-32(20)30-22(29-23)19-6-1-2-10-26-19/h1-3,6-7,9-10,12,15-16H,4-5,8,11,13-14H2,(H,27,34)(H,25,28,29,30). The fourth-order valence-corrected chi connectivity index (χ4v) is 3.95. The molecule has 0 aliphatic carbocycles. The number of hydrogen-bond acceptors (Lipinski definition) is 7. The number of nitrogens with zero attached hydrogens (tertiary/aromatic N) is 6. The number of hydrogen-bond donors (Lipinski definition) is 2. The number of rotatable bonds is 8. The summed E-state index contributed by atoms with van der Waals surface area (Å²) in [5.74, 6) is 0.960. The van der Waals surface area contributed by atoms with E-state index in [1.807, 2.05) is 41.4 Å². The monoisotopic (exact) mass is 456 g/mol. The molecule has 0 atom stereocenters. The molecular formula is C24H24N8O2. The zero-order valence-electron chi connectivity index (χ0n) is 18.5. The summed E-state index contributed by atoms with van der Waals surface area (Å²) in [6.07, 6.45) is 8.90.